The van der Waals surface area contributed by atoms with E-state index < -0.39 is 35.1 Å². The number of carboxylic acid groups (broad SMARTS) is 1. The van der Waals surface area contributed by atoms with Crippen LogP contribution in [0.5, 0.6) is 0 Å². The maximum atomic E-state index is 14.0. The standard InChI is InChI=1S/C28H25F2N3O3/c1-33(2)20-9-10-21-19(16-20)11-12-31-24(21)14-17-5-3-6-18(13-17)15-25(28(35)36)32-27(34)26-22(29)7-4-8-23(26)30/h3-13,16,25H,14-15H2,1-2H3,(H,32,34)(H,35,36). The SMILES string of the molecule is CN(C)c1ccc2c(Cc3cccc(CC(NC(=O)c4c(F)cccc4F)C(=O)O)c3)nccc2c1. The van der Waals surface area contributed by atoms with Gasteiger partial charge in [0.1, 0.15) is 23.2 Å². The number of pyridine rings is 1. The predicted molar refractivity (Wildman–Crippen MR) is 134 cm³/mol. The summed E-state index contributed by atoms with van der Waals surface area (Å²) in [7, 11) is 3.96. The molecule has 1 heterocycles. The number of benzene rings is 3. The molecule has 0 aliphatic carbocycles. The second-order valence-electron chi connectivity index (χ2n) is 8.72. The first-order valence-electron chi connectivity index (χ1n) is 11.3. The molecule has 0 saturated heterocycles. The lowest BCUT2D eigenvalue weighted by Crippen LogP contribution is -2.43. The zero-order chi connectivity index (χ0) is 25.8. The summed E-state index contributed by atoms with van der Waals surface area (Å²) in [5.41, 5.74) is 2.73. The molecule has 2 N–H and O–H groups in total. The Morgan fingerprint density at radius 2 is 1.67 bits per heavy atom. The van der Waals surface area contributed by atoms with E-state index in [0.29, 0.717) is 12.0 Å². The fraction of sp³-hybridized carbons (Fsp3) is 0.179. The molecule has 0 aliphatic heterocycles. The highest BCUT2D eigenvalue weighted by molar-refractivity contribution is 5.97. The van der Waals surface area contributed by atoms with Crippen LogP contribution in [0.15, 0.2) is 72.9 Å². The van der Waals surface area contributed by atoms with Crippen LogP contribution in [-0.2, 0) is 17.6 Å². The second-order valence-corrected chi connectivity index (χ2v) is 8.72. The minimum Gasteiger partial charge on any atom is -0.480 e. The maximum Gasteiger partial charge on any atom is 0.326 e. The van der Waals surface area contributed by atoms with Crippen LogP contribution in [0.1, 0.15) is 27.2 Å². The first-order valence-corrected chi connectivity index (χ1v) is 11.3. The van der Waals surface area contributed by atoms with E-state index in [9.17, 15) is 23.5 Å². The molecule has 3 aromatic carbocycles. The van der Waals surface area contributed by atoms with Crippen LogP contribution < -0.4 is 10.2 Å². The molecule has 4 aromatic rings. The third-order valence-corrected chi connectivity index (χ3v) is 5.94. The van der Waals surface area contributed by atoms with E-state index in [2.05, 4.69) is 16.4 Å². The molecule has 0 spiro atoms. The highest BCUT2D eigenvalue weighted by Gasteiger charge is 2.25. The molecule has 184 valence electrons. The van der Waals surface area contributed by atoms with Gasteiger partial charge in [0.2, 0.25) is 0 Å². The van der Waals surface area contributed by atoms with Crippen LogP contribution in [0.4, 0.5) is 14.5 Å². The number of halogens is 2. The van der Waals surface area contributed by atoms with Crippen LogP contribution in [-0.4, -0.2) is 42.1 Å². The molecule has 0 radical (unpaired) electrons. The summed E-state index contributed by atoms with van der Waals surface area (Å²) in [4.78, 5) is 30.8. The smallest absolute Gasteiger partial charge is 0.326 e. The van der Waals surface area contributed by atoms with E-state index >= 15 is 0 Å². The number of rotatable bonds is 8. The van der Waals surface area contributed by atoms with Crippen molar-refractivity contribution in [2.45, 2.75) is 18.9 Å². The number of nitrogens with zero attached hydrogens (tertiary/aromatic N) is 2. The van der Waals surface area contributed by atoms with Gasteiger partial charge >= 0.3 is 5.97 Å². The van der Waals surface area contributed by atoms with Crippen LogP contribution in [0.25, 0.3) is 10.8 Å². The third-order valence-electron chi connectivity index (χ3n) is 5.94. The van der Waals surface area contributed by atoms with Gasteiger partial charge in [-0.3, -0.25) is 9.78 Å². The number of nitrogens with one attached hydrogen (secondary N) is 1. The fourth-order valence-corrected chi connectivity index (χ4v) is 4.09. The van der Waals surface area contributed by atoms with Crippen LogP contribution in [0.3, 0.4) is 0 Å². The first-order chi connectivity index (χ1) is 17.2. The molecular formula is C28H25F2N3O3. The minimum absolute atomic E-state index is 0.0554. The van der Waals surface area contributed by atoms with Gasteiger partial charge in [0.05, 0.1) is 5.69 Å². The number of hydrogen-bond donors (Lipinski definition) is 2. The number of fused-ring (bicyclic) bond motifs is 1. The van der Waals surface area contributed by atoms with E-state index in [0.717, 1.165) is 45.9 Å². The summed E-state index contributed by atoms with van der Waals surface area (Å²) in [6.07, 6.45) is 2.23. The Morgan fingerprint density at radius 3 is 2.36 bits per heavy atom. The zero-order valence-electron chi connectivity index (χ0n) is 19.8. The number of amides is 1. The molecule has 1 atom stereocenters. The molecule has 0 saturated carbocycles. The summed E-state index contributed by atoms with van der Waals surface area (Å²) >= 11 is 0. The Labute approximate surface area is 207 Å². The molecule has 1 aromatic heterocycles. The monoisotopic (exact) mass is 489 g/mol. The van der Waals surface area contributed by atoms with Gasteiger partial charge in [0.25, 0.3) is 5.91 Å². The average Bonchev–Trinajstić information content (AvgIpc) is 2.83. The van der Waals surface area contributed by atoms with Crippen molar-refractivity contribution in [1.82, 2.24) is 10.3 Å². The predicted octanol–water partition coefficient (Wildman–Crippen LogP) is 4.60. The Bertz CT molecular complexity index is 1420. The summed E-state index contributed by atoms with van der Waals surface area (Å²) in [5, 5.41) is 14.0. The summed E-state index contributed by atoms with van der Waals surface area (Å²) in [5.74, 6) is -4.54. The van der Waals surface area contributed by atoms with E-state index in [1.165, 1.54) is 0 Å². The molecule has 1 amide bonds. The number of carboxylic acids is 1. The number of carbonyl (C=O) groups is 2. The zero-order valence-corrected chi connectivity index (χ0v) is 19.8. The van der Waals surface area contributed by atoms with Gasteiger partial charge < -0.3 is 15.3 Å². The Balaban J connectivity index is 1.54. The molecule has 8 heteroatoms. The quantitative estimate of drug-likeness (QED) is 0.378. The molecule has 0 bridgehead atoms. The van der Waals surface area contributed by atoms with Crippen LogP contribution in [0.2, 0.25) is 0 Å². The van der Waals surface area contributed by atoms with Crippen molar-refractivity contribution in [3.63, 3.8) is 0 Å². The first kappa shape index (κ1) is 24.8. The van der Waals surface area contributed by atoms with Crippen molar-refractivity contribution in [2.24, 2.45) is 0 Å². The topological polar surface area (TPSA) is 82.5 Å². The van der Waals surface area contributed by atoms with Crippen LogP contribution >= 0.6 is 0 Å². The minimum atomic E-state index is -1.37. The number of aliphatic carboxylic acids is 1. The Morgan fingerprint density at radius 1 is 0.972 bits per heavy atom. The number of hydrogen-bond acceptors (Lipinski definition) is 4. The number of aromatic nitrogens is 1. The van der Waals surface area contributed by atoms with Gasteiger partial charge in [0, 0.05) is 44.2 Å². The van der Waals surface area contributed by atoms with Crippen molar-refractivity contribution >= 4 is 28.3 Å². The summed E-state index contributed by atoms with van der Waals surface area (Å²) in [6, 6.07) is 17.1. The molecule has 0 fully saturated rings. The summed E-state index contributed by atoms with van der Waals surface area (Å²) < 4.78 is 27.9. The number of carbonyl (C=O) groups excluding carboxylic acids is 1. The van der Waals surface area contributed by atoms with Crippen molar-refractivity contribution in [2.75, 3.05) is 19.0 Å². The number of anilines is 1. The van der Waals surface area contributed by atoms with Crippen molar-refractivity contribution in [1.29, 1.82) is 0 Å². The van der Waals surface area contributed by atoms with E-state index in [1.807, 2.05) is 49.3 Å². The maximum absolute atomic E-state index is 14.0. The molecular weight excluding hydrogens is 464 g/mol. The third kappa shape index (κ3) is 5.49. The van der Waals surface area contributed by atoms with Gasteiger partial charge in [0.15, 0.2) is 0 Å². The van der Waals surface area contributed by atoms with E-state index in [4.69, 9.17) is 0 Å². The normalized spacial score (nSPS) is 11.8. The highest BCUT2D eigenvalue weighted by atomic mass is 19.1. The molecule has 0 aliphatic rings. The highest BCUT2D eigenvalue weighted by Crippen LogP contribution is 2.24. The van der Waals surface area contributed by atoms with E-state index in [-0.39, 0.29) is 6.42 Å². The molecule has 36 heavy (non-hydrogen) atoms. The molecule has 6 nitrogen and oxygen atoms in total. The van der Waals surface area contributed by atoms with Gasteiger partial charge in [-0.2, -0.15) is 0 Å². The second kappa shape index (κ2) is 10.5. The van der Waals surface area contributed by atoms with Crippen molar-refractivity contribution in [3.8, 4) is 0 Å². The lowest BCUT2D eigenvalue weighted by Gasteiger charge is -2.16. The van der Waals surface area contributed by atoms with Gasteiger partial charge in [-0.1, -0.05) is 36.4 Å². The van der Waals surface area contributed by atoms with Gasteiger partial charge in [-0.25, -0.2) is 13.6 Å². The average molecular weight is 490 g/mol. The fourth-order valence-electron chi connectivity index (χ4n) is 4.09. The van der Waals surface area contributed by atoms with Crippen molar-refractivity contribution in [3.05, 3.63) is 107 Å². The van der Waals surface area contributed by atoms with Gasteiger partial charge in [-0.05, 0) is 46.8 Å². The largest absolute Gasteiger partial charge is 0.480 e. The molecule has 1 unspecified atom stereocenters. The van der Waals surface area contributed by atoms with E-state index in [1.54, 1.807) is 18.3 Å². The lowest BCUT2D eigenvalue weighted by molar-refractivity contribution is -0.139. The summed E-state index contributed by atoms with van der Waals surface area (Å²) in [6.45, 7) is 0. The van der Waals surface area contributed by atoms with Crippen LogP contribution in [0, 0.1) is 11.6 Å². The lowest BCUT2D eigenvalue weighted by atomic mass is 9.99. The Kier molecular flexibility index (Phi) is 7.24. The Hall–Kier alpha value is -4.33. The van der Waals surface area contributed by atoms with Crippen molar-refractivity contribution < 1.29 is 23.5 Å². The van der Waals surface area contributed by atoms with Gasteiger partial charge in [-0.15, -0.1) is 0 Å². The molecule has 4 rings (SSSR count).